The van der Waals surface area contributed by atoms with Crippen LogP contribution in [0.2, 0.25) is 0 Å². The number of benzene rings is 1. The van der Waals surface area contributed by atoms with Gasteiger partial charge in [0.05, 0.1) is 0 Å². The highest BCUT2D eigenvalue weighted by Gasteiger charge is 2.24. The summed E-state index contributed by atoms with van der Waals surface area (Å²) in [6, 6.07) is 3.22. The highest BCUT2D eigenvalue weighted by Crippen LogP contribution is 2.18. The summed E-state index contributed by atoms with van der Waals surface area (Å²) < 4.78 is 26.7. The Kier molecular flexibility index (Phi) is 4.09. The molecular formula is C13H14F2N2O2. The van der Waals surface area contributed by atoms with Gasteiger partial charge in [-0.05, 0) is 31.4 Å². The van der Waals surface area contributed by atoms with Crippen LogP contribution in [0.15, 0.2) is 18.2 Å². The first kappa shape index (κ1) is 13.5. The van der Waals surface area contributed by atoms with E-state index < -0.39 is 29.1 Å². The highest BCUT2D eigenvalue weighted by atomic mass is 19.1. The third-order valence-electron chi connectivity index (χ3n) is 3.04. The Hall–Kier alpha value is -1.98. The van der Waals surface area contributed by atoms with E-state index in [1.165, 1.54) is 11.0 Å². The minimum atomic E-state index is -1.01. The second-order valence-electron chi connectivity index (χ2n) is 4.40. The number of amides is 2. The smallest absolute Gasteiger partial charge is 0.314 e. The van der Waals surface area contributed by atoms with Crippen LogP contribution in [-0.2, 0) is 9.59 Å². The maximum atomic E-state index is 13.3. The number of piperidine rings is 1. The van der Waals surface area contributed by atoms with Crippen LogP contribution in [0, 0.1) is 11.6 Å². The molecule has 0 unspecified atom stereocenters. The number of halogens is 2. The van der Waals surface area contributed by atoms with E-state index in [9.17, 15) is 18.4 Å². The molecule has 1 aromatic rings. The van der Waals surface area contributed by atoms with Gasteiger partial charge >= 0.3 is 11.8 Å². The third-order valence-corrected chi connectivity index (χ3v) is 3.04. The molecule has 0 bridgehead atoms. The van der Waals surface area contributed by atoms with Crippen LogP contribution in [0.4, 0.5) is 14.5 Å². The van der Waals surface area contributed by atoms with Crippen LogP contribution >= 0.6 is 0 Å². The molecule has 19 heavy (non-hydrogen) atoms. The average Bonchev–Trinajstić information content (AvgIpc) is 2.43. The Morgan fingerprint density at radius 2 is 1.63 bits per heavy atom. The van der Waals surface area contributed by atoms with Crippen molar-refractivity contribution in [3.8, 4) is 0 Å². The summed E-state index contributed by atoms with van der Waals surface area (Å²) in [6.45, 7) is 1.01. The minimum absolute atomic E-state index is 0.506. The third kappa shape index (κ3) is 3.07. The van der Waals surface area contributed by atoms with Crippen LogP contribution in [0.1, 0.15) is 19.3 Å². The molecule has 0 aromatic heterocycles. The molecule has 1 heterocycles. The number of carbonyl (C=O) groups excluding carboxylic acids is 2. The number of rotatable bonds is 1. The molecule has 0 radical (unpaired) electrons. The van der Waals surface area contributed by atoms with E-state index in [0.29, 0.717) is 13.1 Å². The monoisotopic (exact) mass is 268 g/mol. The van der Waals surface area contributed by atoms with Crippen LogP contribution in [-0.4, -0.2) is 29.8 Å². The molecule has 4 nitrogen and oxygen atoms in total. The standard InChI is InChI=1S/C13H14F2N2O2/c14-9-5-4-6-10(15)11(9)16-12(18)13(19)17-7-2-1-3-8-17/h4-6H,1-3,7-8H2,(H,16,18). The highest BCUT2D eigenvalue weighted by molar-refractivity contribution is 6.39. The van der Waals surface area contributed by atoms with Gasteiger partial charge in [0, 0.05) is 13.1 Å². The molecule has 1 saturated heterocycles. The summed E-state index contributed by atoms with van der Waals surface area (Å²) in [5.74, 6) is -3.56. The van der Waals surface area contributed by atoms with E-state index in [4.69, 9.17) is 0 Å². The van der Waals surface area contributed by atoms with Crippen molar-refractivity contribution in [1.29, 1.82) is 0 Å². The van der Waals surface area contributed by atoms with Crippen molar-refractivity contribution in [1.82, 2.24) is 4.90 Å². The number of hydrogen-bond acceptors (Lipinski definition) is 2. The van der Waals surface area contributed by atoms with Gasteiger partial charge in [-0.1, -0.05) is 6.07 Å². The molecule has 1 aliphatic rings. The zero-order chi connectivity index (χ0) is 13.8. The molecular weight excluding hydrogens is 254 g/mol. The quantitative estimate of drug-likeness (QED) is 0.791. The first-order valence-corrected chi connectivity index (χ1v) is 6.14. The summed E-state index contributed by atoms with van der Waals surface area (Å²) in [5, 5.41) is 2.00. The van der Waals surface area contributed by atoms with E-state index in [1.54, 1.807) is 0 Å². The van der Waals surface area contributed by atoms with E-state index >= 15 is 0 Å². The number of carbonyl (C=O) groups is 2. The van der Waals surface area contributed by atoms with E-state index in [2.05, 4.69) is 0 Å². The summed E-state index contributed by atoms with van der Waals surface area (Å²) in [6.07, 6.45) is 2.70. The van der Waals surface area contributed by atoms with Crippen molar-refractivity contribution >= 4 is 17.5 Å². The van der Waals surface area contributed by atoms with Gasteiger partial charge in [0.15, 0.2) is 0 Å². The Morgan fingerprint density at radius 1 is 1.05 bits per heavy atom. The Balaban J connectivity index is 2.06. The second-order valence-corrected chi connectivity index (χ2v) is 4.40. The molecule has 0 atom stereocenters. The lowest BCUT2D eigenvalue weighted by atomic mass is 10.1. The van der Waals surface area contributed by atoms with Crippen LogP contribution < -0.4 is 5.32 Å². The predicted octanol–water partition coefficient (Wildman–Crippen LogP) is 1.92. The van der Waals surface area contributed by atoms with Gasteiger partial charge in [0.2, 0.25) is 0 Å². The Bertz CT molecular complexity index is 479. The molecule has 1 N–H and O–H groups in total. The molecule has 0 aliphatic carbocycles. The summed E-state index contributed by atoms with van der Waals surface area (Å²) in [5.41, 5.74) is -0.585. The normalized spacial score (nSPS) is 15.2. The van der Waals surface area contributed by atoms with Gasteiger partial charge in [-0.25, -0.2) is 8.78 Å². The molecule has 1 aliphatic heterocycles. The fourth-order valence-corrected chi connectivity index (χ4v) is 2.02. The van der Waals surface area contributed by atoms with Crippen molar-refractivity contribution < 1.29 is 18.4 Å². The summed E-state index contributed by atoms with van der Waals surface area (Å²) in [7, 11) is 0. The lowest BCUT2D eigenvalue weighted by molar-refractivity contribution is -0.143. The van der Waals surface area contributed by atoms with Crippen LogP contribution in [0.5, 0.6) is 0 Å². The number of likely N-dealkylation sites (tertiary alicyclic amines) is 1. The molecule has 1 fully saturated rings. The fraction of sp³-hybridized carbons (Fsp3) is 0.385. The fourth-order valence-electron chi connectivity index (χ4n) is 2.02. The number of hydrogen-bond donors (Lipinski definition) is 1. The van der Waals surface area contributed by atoms with Gasteiger partial charge in [0.25, 0.3) is 0 Å². The molecule has 2 amide bonds. The molecule has 1 aromatic carbocycles. The number of nitrogens with zero attached hydrogens (tertiary/aromatic N) is 1. The zero-order valence-corrected chi connectivity index (χ0v) is 10.3. The van der Waals surface area contributed by atoms with Crippen LogP contribution in [0.25, 0.3) is 0 Å². The van der Waals surface area contributed by atoms with E-state index in [0.717, 1.165) is 31.4 Å². The van der Waals surface area contributed by atoms with Gasteiger partial charge in [0.1, 0.15) is 17.3 Å². The maximum Gasteiger partial charge on any atom is 0.314 e. The lowest BCUT2D eigenvalue weighted by Crippen LogP contribution is -2.42. The molecule has 0 saturated carbocycles. The number of nitrogens with one attached hydrogen (secondary N) is 1. The van der Waals surface area contributed by atoms with Crippen molar-refractivity contribution in [2.75, 3.05) is 18.4 Å². The first-order valence-electron chi connectivity index (χ1n) is 6.14. The van der Waals surface area contributed by atoms with Crippen molar-refractivity contribution in [2.45, 2.75) is 19.3 Å². The minimum Gasteiger partial charge on any atom is -0.334 e. The molecule has 2 rings (SSSR count). The average molecular weight is 268 g/mol. The molecule has 0 spiro atoms. The largest absolute Gasteiger partial charge is 0.334 e. The zero-order valence-electron chi connectivity index (χ0n) is 10.3. The van der Waals surface area contributed by atoms with Gasteiger partial charge in [-0.15, -0.1) is 0 Å². The van der Waals surface area contributed by atoms with Crippen molar-refractivity contribution in [3.63, 3.8) is 0 Å². The van der Waals surface area contributed by atoms with Crippen molar-refractivity contribution in [3.05, 3.63) is 29.8 Å². The lowest BCUT2D eigenvalue weighted by Gasteiger charge is -2.25. The summed E-state index contributed by atoms with van der Waals surface area (Å²) >= 11 is 0. The maximum absolute atomic E-state index is 13.3. The first-order chi connectivity index (χ1) is 9.09. The molecule has 102 valence electrons. The molecule has 6 heteroatoms. The van der Waals surface area contributed by atoms with Gasteiger partial charge in [-0.2, -0.15) is 0 Å². The van der Waals surface area contributed by atoms with Crippen LogP contribution in [0.3, 0.4) is 0 Å². The Morgan fingerprint density at radius 3 is 2.21 bits per heavy atom. The van der Waals surface area contributed by atoms with Crippen molar-refractivity contribution in [2.24, 2.45) is 0 Å². The SMILES string of the molecule is O=C(Nc1c(F)cccc1F)C(=O)N1CCCCC1. The summed E-state index contributed by atoms with van der Waals surface area (Å²) in [4.78, 5) is 24.9. The predicted molar refractivity (Wildman–Crippen MR) is 65.4 cm³/mol. The number of para-hydroxylation sites is 1. The second kappa shape index (κ2) is 5.77. The van der Waals surface area contributed by atoms with E-state index in [-0.39, 0.29) is 0 Å². The number of anilines is 1. The topological polar surface area (TPSA) is 49.4 Å². The van der Waals surface area contributed by atoms with Gasteiger partial charge in [-0.3, -0.25) is 9.59 Å². The van der Waals surface area contributed by atoms with E-state index in [1.807, 2.05) is 5.32 Å². The Labute approximate surface area is 109 Å². The van der Waals surface area contributed by atoms with Gasteiger partial charge < -0.3 is 10.2 Å².